The summed E-state index contributed by atoms with van der Waals surface area (Å²) in [6.07, 6.45) is 3.37. The maximum atomic E-state index is 9.47. The molecule has 3 aromatic heterocycles. The first-order valence-corrected chi connectivity index (χ1v) is 11.7. The molecule has 0 aliphatic heterocycles. The lowest BCUT2D eigenvalue weighted by Gasteiger charge is -2.21. The van der Waals surface area contributed by atoms with Crippen molar-refractivity contribution in [2.45, 2.75) is 26.2 Å². The highest BCUT2D eigenvalue weighted by molar-refractivity contribution is 5.64. The van der Waals surface area contributed by atoms with Crippen LogP contribution in [-0.4, -0.2) is 64.3 Å². The third-order valence-electron chi connectivity index (χ3n) is 6.00. The summed E-state index contributed by atoms with van der Waals surface area (Å²) in [5, 5.41) is 18.0. The molecular weight excluding hydrogens is 452 g/mol. The second-order valence-corrected chi connectivity index (χ2v) is 9.54. The van der Waals surface area contributed by atoms with Crippen LogP contribution in [0.25, 0.3) is 34.3 Å². The van der Waals surface area contributed by atoms with E-state index in [0.29, 0.717) is 34.6 Å². The number of anilines is 1. The molecule has 0 saturated heterocycles. The number of nitrogens with zero attached hydrogens (tertiary/aromatic N) is 8. The minimum Gasteiger partial charge on any atom is -0.415 e. The second kappa shape index (κ2) is 10.2. The summed E-state index contributed by atoms with van der Waals surface area (Å²) in [7, 11) is 6.20. The quantitative estimate of drug-likeness (QED) is 0.354. The maximum absolute atomic E-state index is 9.47. The van der Waals surface area contributed by atoms with E-state index in [2.05, 4.69) is 57.2 Å². The van der Waals surface area contributed by atoms with Crippen LogP contribution in [0.5, 0.6) is 0 Å². The molecule has 9 nitrogen and oxygen atoms in total. The number of rotatable bonds is 8. The molecule has 0 unspecified atom stereocenters. The van der Waals surface area contributed by atoms with Crippen molar-refractivity contribution in [1.29, 1.82) is 5.26 Å². The van der Waals surface area contributed by atoms with Crippen molar-refractivity contribution in [1.82, 2.24) is 30.0 Å². The minimum atomic E-state index is -0.713. The van der Waals surface area contributed by atoms with Crippen molar-refractivity contribution in [2.24, 2.45) is 0 Å². The molecular formula is C27H32N8O. The number of aryl methyl sites for hydroxylation is 1. The number of benzene rings is 1. The topological polar surface area (TPSA) is 108 Å². The first kappa shape index (κ1) is 24.9. The Morgan fingerprint density at radius 2 is 1.69 bits per heavy atom. The van der Waals surface area contributed by atoms with Gasteiger partial charge in [-0.1, -0.05) is 0 Å². The first-order chi connectivity index (χ1) is 17.2. The van der Waals surface area contributed by atoms with Crippen molar-refractivity contribution >= 4 is 5.69 Å². The Morgan fingerprint density at radius 1 is 0.972 bits per heavy atom. The fraction of sp³-hybridized carbons (Fsp3) is 0.333. The number of pyridine rings is 1. The number of aromatic nitrogens is 5. The zero-order valence-electron chi connectivity index (χ0n) is 21.5. The lowest BCUT2D eigenvalue weighted by atomic mass is 9.90. The van der Waals surface area contributed by atoms with E-state index in [-0.39, 0.29) is 1.43 Å². The molecule has 0 fully saturated rings. The molecule has 0 N–H and O–H groups in total. The molecule has 0 saturated carbocycles. The van der Waals surface area contributed by atoms with Crippen LogP contribution in [0.15, 0.2) is 53.2 Å². The third kappa shape index (κ3) is 5.39. The van der Waals surface area contributed by atoms with Crippen LogP contribution in [0.1, 0.15) is 26.7 Å². The van der Waals surface area contributed by atoms with Gasteiger partial charge < -0.3 is 14.2 Å². The van der Waals surface area contributed by atoms with Crippen LogP contribution in [0, 0.1) is 18.3 Å². The Bertz CT molecular complexity index is 1390. The van der Waals surface area contributed by atoms with Gasteiger partial charge in [0.1, 0.15) is 5.69 Å². The predicted octanol–water partition coefficient (Wildman–Crippen LogP) is 4.61. The molecule has 0 atom stereocenters. The van der Waals surface area contributed by atoms with Gasteiger partial charge in [0.25, 0.3) is 5.89 Å². The molecule has 36 heavy (non-hydrogen) atoms. The Balaban J connectivity index is 0.00000380. The van der Waals surface area contributed by atoms with Gasteiger partial charge in [-0.05, 0) is 71.3 Å². The Labute approximate surface area is 213 Å². The molecule has 0 aliphatic carbocycles. The van der Waals surface area contributed by atoms with Crippen LogP contribution in [0.4, 0.5) is 5.69 Å². The summed E-state index contributed by atoms with van der Waals surface area (Å²) < 4.78 is 6.00. The van der Waals surface area contributed by atoms with Gasteiger partial charge in [0, 0.05) is 44.6 Å². The van der Waals surface area contributed by atoms with E-state index in [9.17, 15) is 5.26 Å². The van der Waals surface area contributed by atoms with E-state index in [4.69, 9.17) is 9.40 Å². The average molecular weight is 485 g/mol. The first-order valence-electron chi connectivity index (χ1n) is 11.7. The summed E-state index contributed by atoms with van der Waals surface area (Å²) in [5.74, 6) is 0.719. The van der Waals surface area contributed by atoms with Crippen LogP contribution >= 0.6 is 0 Å². The molecule has 0 aliphatic rings. The van der Waals surface area contributed by atoms with Gasteiger partial charge in [-0.15, -0.1) is 10.2 Å². The van der Waals surface area contributed by atoms with Crippen molar-refractivity contribution in [3.8, 4) is 40.4 Å². The minimum absolute atomic E-state index is 0. The van der Waals surface area contributed by atoms with Crippen molar-refractivity contribution in [3.05, 3.63) is 60.2 Å². The average Bonchev–Trinajstić information content (AvgIpc) is 3.38. The van der Waals surface area contributed by atoms with E-state index in [0.717, 1.165) is 29.9 Å². The molecule has 0 bridgehead atoms. The number of hydrogen-bond donors (Lipinski definition) is 0. The summed E-state index contributed by atoms with van der Waals surface area (Å²) in [6, 6.07) is 14.0. The zero-order valence-corrected chi connectivity index (χ0v) is 21.5. The number of likely N-dealkylation sites (N-methyl/N-ethyl adjacent to an activating group) is 2. The molecule has 4 aromatic rings. The lowest BCUT2D eigenvalue weighted by molar-refractivity contribution is 0.416. The molecule has 0 radical (unpaired) electrons. The maximum Gasteiger partial charge on any atom is 0.268 e. The molecule has 1 aromatic carbocycles. The molecule has 4 rings (SSSR count). The molecule has 3 heterocycles. The second-order valence-electron chi connectivity index (χ2n) is 9.54. The number of nitriles is 1. The third-order valence-corrected chi connectivity index (χ3v) is 6.00. The van der Waals surface area contributed by atoms with Crippen molar-refractivity contribution in [2.75, 3.05) is 39.1 Å². The smallest absolute Gasteiger partial charge is 0.268 e. The summed E-state index contributed by atoms with van der Waals surface area (Å²) in [5.41, 5.74) is 4.55. The van der Waals surface area contributed by atoms with E-state index in [1.807, 2.05) is 57.2 Å². The van der Waals surface area contributed by atoms with Crippen LogP contribution in [-0.2, 0) is 5.41 Å². The monoisotopic (exact) mass is 484 g/mol. The predicted molar refractivity (Wildman–Crippen MR) is 141 cm³/mol. The highest BCUT2D eigenvalue weighted by Crippen LogP contribution is 2.29. The zero-order chi connectivity index (χ0) is 25.9. The van der Waals surface area contributed by atoms with E-state index >= 15 is 0 Å². The lowest BCUT2D eigenvalue weighted by Crippen LogP contribution is -2.28. The molecule has 9 heteroatoms. The largest absolute Gasteiger partial charge is 0.415 e. The van der Waals surface area contributed by atoms with Gasteiger partial charge in [-0.2, -0.15) is 5.26 Å². The highest BCUT2D eigenvalue weighted by atomic mass is 16.4. The van der Waals surface area contributed by atoms with Crippen molar-refractivity contribution < 1.29 is 5.84 Å². The van der Waals surface area contributed by atoms with E-state index in [1.54, 1.807) is 12.4 Å². The van der Waals surface area contributed by atoms with E-state index < -0.39 is 5.41 Å². The van der Waals surface area contributed by atoms with Gasteiger partial charge >= 0.3 is 0 Å². The van der Waals surface area contributed by atoms with E-state index in [1.165, 1.54) is 0 Å². The van der Waals surface area contributed by atoms with Crippen molar-refractivity contribution in [3.63, 3.8) is 0 Å². The normalized spacial score (nSPS) is 11.5. The van der Waals surface area contributed by atoms with Gasteiger partial charge in [0.05, 0.1) is 34.8 Å². The number of hydrogen-bond acceptors (Lipinski definition) is 9. The molecule has 0 spiro atoms. The summed E-state index contributed by atoms with van der Waals surface area (Å²) in [6.45, 7) is 7.42. The Kier molecular flexibility index (Phi) is 7.08. The summed E-state index contributed by atoms with van der Waals surface area (Å²) in [4.78, 5) is 18.0. The van der Waals surface area contributed by atoms with Crippen LogP contribution in [0.3, 0.4) is 0 Å². The van der Waals surface area contributed by atoms with Gasteiger partial charge in [0.15, 0.2) is 0 Å². The van der Waals surface area contributed by atoms with Gasteiger partial charge in [0.2, 0.25) is 5.89 Å². The van der Waals surface area contributed by atoms with Crippen LogP contribution in [0.2, 0.25) is 0 Å². The summed E-state index contributed by atoms with van der Waals surface area (Å²) >= 11 is 0. The van der Waals surface area contributed by atoms with Gasteiger partial charge in [-0.3, -0.25) is 9.97 Å². The molecule has 0 amide bonds. The fourth-order valence-corrected chi connectivity index (χ4v) is 3.55. The fourth-order valence-electron chi connectivity index (χ4n) is 3.55. The van der Waals surface area contributed by atoms with Crippen LogP contribution < -0.4 is 4.90 Å². The Morgan fingerprint density at radius 3 is 2.39 bits per heavy atom. The molecule has 186 valence electrons. The highest BCUT2D eigenvalue weighted by Gasteiger charge is 2.22. The van der Waals surface area contributed by atoms with Gasteiger partial charge in [-0.25, -0.2) is 4.98 Å². The standard InChI is InChI=1S/C27H30N8O.H2/c1-18-24(31-22(16-30-18)20-11-12-29-23(15-20)27(2,3)17-28)26-33-32-25(36-26)19-7-9-21(10-8-19)35(6)14-13-34(4)5;/h7-12,15-16H,13-14H2,1-6H3;1H. The Hall–Kier alpha value is -4.16. The SMILES string of the molecule is Cc1ncc(-c2ccnc(C(C)(C)C#N)c2)nc1-c1nnc(-c2ccc(N(C)CCN(C)C)cc2)o1.[HH].